The summed E-state index contributed by atoms with van der Waals surface area (Å²) in [5.74, 6) is -0.477. The number of benzene rings is 3. The lowest BCUT2D eigenvalue weighted by Crippen LogP contribution is -2.23. The molecule has 4 rings (SSSR count). The van der Waals surface area contributed by atoms with Gasteiger partial charge in [0.05, 0.1) is 0 Å². The number of nitrogens with one attached hydrogen (secondary N) is 2. The Morgan fingerprint density at radius 2 is 1.66 bits per heavy atom. The molecule has 4 aromatic rings. The van der Waals surface area contributed by atoms with Gasteiger partial charge in [-0.05, 0) is 41.0 Å². The molecule has 146 valence electrons. The highest BCUT2D eigenvalue weighted by molar-refractivity contribution is 7.89. The van der Waals surface area contributed by atoms with Gasteiger partial charge in [-0.25, -0.2) is 13.1 Å². The second kappa shape index (κ2) is 7.54. The minimum atomic E-state index is -3.65. The van der Waals surface area contributed by atoms with Gasteiger partial charge in [0.2, 0.25) is 5.91 Å². The van der Waals surface area contributed by atoms with Crippen molar-refractivity contribution in [2.75, 3.05) is 0 Å². The van der Waals surface area contributed by atoms with Gasteiger partial charge in [0.15, 0.2) is 0 Å². The fraction of sp³-hybridized carbons (Fsp3) is 0.0455. The highest BCUT2D eigenvalue weighted by atomic mass is 32.2. The maximum absolute atomic E-state index is 12.6. The summed E-state index contributed by atoms with van der Waals surface area (Å²) in [5.41, 5.74) is 9.15. The smallest absolute Gasteiger partial charge is 0.256 e. The van der Waals surface area contributed by atoms with E-state index < -0.39 is 15.9 Å². The van der Waals surface area contributed by atoms with Crippen LogP contribution in [0.2, 0.25) is 0 Å². The van der Waals surface area contributed by atoms with Crippen molar-refractivity contribution in [1.29, 1.82) is 0 Å². The van der Waals surface area contributed by atoms with E-state index in [1.165, 1.54) is 0 Å². The third-order valence-electron chi connectivity index (χ3n) is 4.70. The quantitative estimate of drug-likeness (QED) is 0.458. The Hall–Kier alpha value is -3.42. The standard InChI is InChI=1S/C22H19N3O3S/c23-22(26)19-6-3-5-17(12-19)16-10-8-15(9-11-16)14-24-29(27,28)21-13-18-4-1-2-7-20(18)25-21/h1-13,24-25H,14H2,(H2,23,26). The van der Waals surface area contributed by atoms with Gasteiger partial charge in [0, 0.05) is 23.0 Å². The molecule has 0 unspecified atom stereocenters. The minimum absolute atomic E-state index is 0.138. The maximum Gasteiger partial charge on any atom is 0.256 e. The van der Waals surface area contributed by atoms with Gasteiger partial charge in [-0.3, -0.25) is 4.79 Å². The monoisotopic (exact) mass is 405 g/mol. The Balaban J connectivity index is 1.49. The van der Waals surface area contributed by atoms with Crippen molar-refractivity contribution in [3.05, 3.63) is 90.0 Å². The molecule has 4 N–H and O–H groups in total. The molecule has 1 aromatic heterocycles. The van der Waals surface area contributed by atoms with Crippen molar-refractivity contribution in [3.63, 3.8) is 0 Å². The molecule has 29 heavy (non-hydrogen) atoms. The number of carbonyl (C=O) groups is 1. The molecule has 6 nitrogen and oxygen atoms in total. The van der Waals surface area contributed by atoms with Crippen LogP contribution < -0.4 is 10.5 Å². The summed E-state index contributed by atoms with van der Waals surface area (Å²) in [4.78, 5) is 14.3. The van der Waals surface area contributed by atoms with Crippen LogP contribution in [-0.4, -0.2) is 19.3 Å². The molecule has 1 heterocycles. The summed E-state index contributed by atoms with van der Waals surface area (Å²) in [5, 5.41) is 0.981. The van der Waals surface area contributed by atoms with E-state index >= 15 is 0 Å². The van der Waals surface area contributed by atoms with Crippen molar-refractivity contribution < 1.29 is 13.2 Å². The number of rotatable bonds is 6. The van der Waals surface area contributed by atoms with Crippen molar-refractivity contribution in [2.24, 2.45) is 5.73 Å². The molecule has 0 aliphatic rings. The van der Waals surface area contributed by atoms with Crippen molar-refractivity contribution >= 4 is 26.8 Å². The number of para-hydroxylation sites is 1. The van der Waals surface area contributed by atoms with Crippen LogP contribution >= 0.6 is 0 Å². The van der Waals surface area contributed by atoms with Gasteiger partial charge in [-0.1, -0.05) is 54.6 Å². The molecule has 0 atom stereocenters. The Kier molecular flexibility index (Phi) is 4.92. The zero-order valence-electron chi connectivity index (χ0n) is 15.4. The largest absolute Gasteiger partial charge is 0.366 e. The first-order valence-electron chi connectivity index (χ1n) is 8.99. The van der Waals surface area contributed by atoms with Crippen LogP contribution in [0.4, 0.5) is 0 Å². The van der Waals surface area contributed by atoms with Gasteiger partial charge in [0.1, 0.15) is 5.03 Å². The first-order chi connectivity index (χ1) is 13.9. The zero-order valence-corrected chi connectivity index (χ0v) is 16.2. The Morgan fingerprint density at radius 3 is 2.38 bits per heavy atom. The first-order valence-corrected chi connectivity index (χ1v) is 10.5. The Morgan fingerprint density at radius 1 is 0.897 bits per heavy atom. The molecular formula is C22H19N3O3S. The van der Waals surface area contributed by atoms with Gasteiger partial charge >= 0.3 is 0 Å². The third kappa shape index (κ3) is 4.06. The first kappa shape index (κ1) is 18.9. The van der Waals surface area contributed by atoms with E-state index in [0.717, 1.165) is 27.6 Å². The van der Waals surface area contributed by atoms with Gasteiger partial charge in [-0.15, -0.1) is 0 Å². The van der Waals surface area contributed by atoms with E-state index in [0.29, 0.717) is 5.56 Å². The number of hydrogen-bond acceptors (Lipinski definition) is 3. The number of hydrogen-bond donors (Lipinski definition) is 3. The van der Waals surface area contributed by atoms with Crippen molar-refractivity contribution in [2.45, 2.75) is 11.6 Å². The summed E-state index contributed by atoms with van der Waals surface area (Å²) in [7, 11) is -3.65. The van der Waals surface area contributed by atoms with Crippen LogP contribution in [0.25, 0.3) is 22.0 Å². The van der Waals surface area contributed by atoms with Crippen LogP contribution in [-0.2, 0) is 16.6 Å². The van der Waals surface area contributed by atoms with Crippen LogP contribution in [0.3, 0.4) is 0 Å². The van der Waals surface area contributed by atoms with Crippen LogP contribution in [0.5, 0.6) is 0 Å². The van der Waals surface area contributed by atoms with E-state index in [1.807, 2.05) is 54.6 Å². The van der Waals surface area contributed by atoms with E-state index in [1.54, 1.807) is 24.3 Å². The number of carbonyl (C=O) groups excluding carboxylic acids is 1. The Bertz CT molecular complexity index is 1260. The summed E-state index contributed by atoms with van der Waals surface area (Å²) < 4.78 is 27.8. The highest BCUT2D eigenvalue weighted by Gasteiger charge is 2.16. The second-order valence-corrected chi connectivity index (χ2v) is 8.42. The molecule has 3 aromatic carbocycles. The molecule has 7 heteroatoms. The minimum Gasteiger partial charge on any atom is -0.366 e. The number of amides is 1. The zero-order chi connectivity index (χ0) is 20.4. The summed E-state index contributed by atoms with van der Waals surface area (Å²) >= 11 is 0. The summed E-state index contributed by atoms with van der Waals surface area (Å²) in [6.07, 6.45) is 0. The van der Waals surface area contributed by atoms with Crippen LogP contribution in [0.1, 0.15) is 15.9 Å². The van der Waals surface area contributed by atoms with Crippen LogP contribution in [0, 0.1) is 0 Å². The number of H-pyrrole nitrogens is 1. The van der Waals surface area contributed by atoms with Crippen molar-refractivity contribution in [1.82, 2.24) is 9.71 Å². The van der Waals surface area contributed by atoms with Gasteiger partial charge in [0.25, 0.3) is 10.0 Å². The number of aromatic amines is 1. The molecule has 0 aliphatic heterocycles. The summed E-state index contributed by atoms with van der Waals surface area (Å²) in [6.45, 7) is 0.166. The fourth-order valence-corrected chi connectivity index (χ4v) is 4.15. The number of primary amides is 1. The number of nitrogens with two attached hydrogens (primary N) is 1. The maximum atomic E-state index is 12.6. The van der Waals surface area contributed by atoms with E-state index in [2.05, 4.69) is 9.71 Å². The molecule has 0 fully saturated rings. The van der Waals surface area contributed by atoms with Gasteiger partial charge < -0.3 is 10.7 Å². The lowest BCUT2D eigenvalue weighted by atomic mass is 10.0. The molecule has 0 aliphatic carbocycles. The predicted octanol–water partition coefficient (Wildman–Crippen LogP) is 3.41. The average Bonchev–Trinajstić information content (AvgIpc) is 3.18. The molecular weight excluding hydrogens is 386 g/mol. The van der Waals surface area contributed by atoms with E-state index in [9.17, 15) is 13.2 Å². The molecule has 0 radical (unpaired) electrons. The highest BCUT2D eigenvalue weighted by Crippen LogP contribution is 2.22. The normalized spacial score (nSPS) is 11.6. The third-order valence-corrected chi connectivity index (χ3v) is 6.02. The lowest BCUT2D eigenvalue weighted by Gasteiger charge is -2.07. The van der Waals surface area contributed by atoms with E-state index in [-0.39, 0.29) is 11.6 Å². The number of sulfonamides is 1. The molecule has 0 saturated heterocycles. The topological polar surface area (TPSA) is 105 Å². The summed E-state index contributed by atoms with van der Waals surface area (Å²) in [6, 6.07) is 23.5. The van der Waals surface area contributed by atoms with Crippen LogP contribution in [0.15, 0.2) is 83.9 Å². The number of fused-ring (bicyclic) bond motifs is 1. The Labute approximate surface area is 168 Å². The van der Waals surface area contributed by atoms with Crippen molar-refractivity contribution in [3.8, 4) is 11.1 Å². The molecule has 0 spiro atoms. The molecule has 0 saturated carbocycles. The molecule has 0 bridgehead atoms. The predicted molar refractivity (Wildman–Crippen MR) is 113 cm³/mol. The SMILES string of the molecule is NC(=O)c1cccc(-c2ccc(CNS(=O)(=O)c3cc4ccccc4[nH]3)cc2)c1. The average molecular weight is 405 g/mol. The molecule has 1 amide bonds. The van der Waals surface area contributed by atoms with E-state index in [4.69, 9.17) is 5.73 Å². The fourth-order valence-electron chi connectivity index (χ4n) is 3.11. The van der Waals surface area contributed by atoms with Gasteiger partial charge in [-0.2, -0.15) is 0 Å². The lowest BCUT2D eigenvalue weighted by molar-refractivity contribution is 0.100. The number of aromatic nitrogens is 1. The second-order valence-electron chi connectivity index (χ2n) is 6.69.